The summed E-state index contributed by atoms with van der Waals surface area (Å²) in [4.78, 5) is 25.2. The third kappa shape index (κ3) is 3.78. The average molecular weight is 327 g/mol. The smallest absolute Gasteiger partial charge is 0.251 e. The van der Waals surface area contributed by atoms with Crippen LogP contribution in [0.5, 0.6) is 0 Å². The van der Waals surface area contributed by atoms with Gasteiger partial charge in [0, 0.05) is 23.1 Å². The number of likely N-dealkylation sites (tertiary alicyclic amines) is 1. The number of nitrogens with one attached hydrogen (secondary N) is 1. The molecule has 0 saturated carbocycles. The van der Waals surface area contributed by atoms with Gasteiger partial charge in [-0.05, 0) is 24.6 Å². The molecular formula is C13H15BrN2O3. The number of rotatable bonds is 3. The van der Waals surface area contributed by atoms with Crippen LogP contribution in [0.4, 0.5) is 0 Å². The van der Waals surface area contributed by atoms with E-state index in [1.54, 1.807) is 23.1 Å². The fraction of sp³-hybridized carbons (Fsp3) is 0.385. The molecule has 1 fully saturated rings. The van der Waals surface area contributed by atoms with Crippen molar-refractivity contribution >= 4 is 27.7 Å². The third-order valence-electron chi connectivity index (χ3n) is 3.00. The Labute approximate surface area is 119 Å². The highest BCUT2D eigenvalue weighted by atomic mass is 79.9. The summed E-state index contributed by atoms with van der Waals surface area (Å²) in [5, 5.41) is 11.9. The molecule has 2 amide bonds. The summed E-state index contributed by atoms with van der Waals surface area (Å²) < 4.78 is 0.814. The first-order valence-electron chi connectivity index (χ1n) is 6.06. The van der Waals surface area contributed by atoms with Gasteiger partial charge in [-0.1, -0.05) is 22.0 Å². The van der Waals surface area contributed by atoms with Gasteiger partial charge in [-0.3, -0.25) is 9.59 Å². The summed E-state index contributed by atoms with van der Waals surface area (Å²) in [6.45, 7) is 0.858. The van der Waals surface area contributed by atoms with Crippen LogP contribution in [0.2, 0.25) is 0 Å². The number of benzene rings is 1. The van der Waals surface area contributed by atoms with Crippen molar-refractivity contribution < 1.29 is 14.7 Å². The van der Waals surface area contributed by atoms with Gasteiger partial charge in [0.1, 0.15) is 0 Å². The van der Waals surface area contributed by atoms with Gasteiger partial charge < -0.3 is 15.3 Å². The van der Waals surface area contributed by atoms with E-state index in [4.69, 9.17) is 0 Å². The van der Waals surface area contributed by atoms with Gasteiger partial charge in [-0.2, -0.15) is 0 Å². The Morgan fingerprint density at radius 2 is 2.26 bits per heavy atom. The average Bonchev–Trinajstić information content (AvgIpc) is 2.82. The Kier molecular flexibility index (Phi) is 4.55. The van der Waals surface area contributed by atoms with Crippen LogP contribution >= 0.6 is 15.9 Å². The Bertz CT molecular complexity index is 493. The van der Waals surface area contributed by atoms with Gasteiger partial charge in [0.25, 0.3) is 5.91 Å². The first-order valence-corrected chi connectivity index (χ1v) is 6.85. The Balaban J connectivity index is 1.85. The lowest BCUT2D eigenvalue weighted by molar-refractivity contribution is -0.129. The van der Waals surface area contributed by atoms with E-state index in [9.17, 15) is 14.7 Å². The van der Waals surface area contributed by atoms with Crippen molar-refractivity contribution in [2.75, 3.05) is 19.6 Å². The molecule has 1 aromatic rings. The van der Waals surface area contributed by atoms with Gasteiger partial charge in [0.2, 0.25) is 5.91 Å². The summed E-state index contributed by atoms with van der Waals surface area (Å²) in [5.41, 5.74) is 0.503. The molecular weight excluding hydrogens is 312 g/mol. The summed E-state index contributed by atoms with van der Waals surface area (Å²) in [6, 6.07) is 6.97. The molecule has 2 N–H and O–H groups in total. The van der Waals surface area contributed by atoms with E-state index in [2.05, 4.69) is 21.2 Å². The molecule has 102 valence electrons. The number of aliphatic hydroxyl groups is 1. The van der Waals surface area contributed by atoms with E-state index in [1.165, 1.54) is 0 Å². The highest BCUT2D eigenvalue weighted by molar-refractivity contribution is 9.10. The maximum atomic E-state index is 11.8. The molecule has 1 aliphatic heterocycles. The molecule has 0 aliphatic carbocycles. The van der Waals surface area contributed by atoms with E-state index in [1.807, 2.05) is 6.07 Å². The zero-order chi connectivity index (χ0) is 13.8. The number of carbonyl (C=O) groups excluding carboxylic acids is 2. The molecule has 1 aliphatic rings. The number of halogens is 1. The van der Waals surface area contributed by atoms with Crippen LogP contribution in [0.25, 0.3) is 0 Å². The molecule has 5 nitrogen and oxygen atoms in total. The van der Waals surface area contributed by atoms with Crippen LogP contribution in [0, 0.1) is 0 Å². The molecule has 0 unspecified atom stereocenters. The SMILES string of the molecule is O=C(NCC(=O)N1CC[C@@H](O)C1)c1cccc(Br)c1. The second-order valence-electron chi connectivity index (χ2n) is 4.48. The maximum Gasteiger partial charge on any atom is 0.251 e. The summed E-state index contributed by atoms with van der Waals surface area (Å²) >= 11 is 3.29. The number of carbonyl (C=O) groups is 2. The second kappa shape index (κ2) is 6.16. The van der Waals surface area contributed by atoms with Crippen molar-refractivity contribution in [2.24, 2.45) is 0 Å². The molecule has 19 heavy (non-hydrogen) atoms. The largest absolute Gasteiger partial charge is 0.391 e. The zero-order valence-corrected chi connectivity index (χ0v) is 11.9. The zero-order valence-electron chi connectivity index (χ0n) is 10.3. The van der Waals surface area contributed by atoms with Gasteiger partial charge in [0.15, 0.2) is 0 Å². The molecule has 1 saturated heterocycles. The number of amides is 2. The standard InChI is InChI=1S/C13H15BrN2O3/c14-10-3-1-2-9(6-10)13(19)15-7-12(18)16-5-4-11(17)8-16/h1-3,6,11,17H,4-5,7-8H2,(H,15,19)/t11-/m1/s1. The van der Waals surface area contributed by atoms with Crippen molar-refractivity contribution in [2.45, 2.75) is 12.5 Å². The molecule has 1 aromatic carbocycles. The topological polar surface area (TPSA) is 69.6 Å². The Morgan fingerprint density at radius 1 is 1.47 bits per heavy atom. The van der Waals surface area contributed by atoms with Crippen LogP contribution in [-0.4, -0.2) is 47.6 Å². The molecule has 2 rings (SSSR count). The van der Waals surface area contributed by atoms with Crippen LogP contribution in [0.15, 0.2) is 28.7 Å². The van der Waals surface area contributed by atoms with Gasteiger partial charge >= 0.3 is 0 Å². The predicted octanol–water partition coefficient (Wildman–Crippen LogP) is 0.772. The van der Waals surface area contributed by atoms with E-state index >= 15 is 0 Å². The van der Waals surface area contributed by atoms with E-state index in [0.717, 1.165) is 4.47 Å². The van der Waals surface area contributed by atoms with Crippen LogP contribution in [-0.2, 0) is 4.79 Å². The highest BCUT2D eigenvalue weighted by Crippen LogP contribution is 2.11. The van der Waals surface area contributed by atoms with Crippen molar-refractivity contribution in [3.8, 4) is 0 Å². The van der Waals surface area contributed by atoms with Crippen molar-refractivity contribution in [3.63, 3.8) is 0 Å². The molecule has 6 heteroatoms. The number of β-amino-alcohol motifs (C(OH)–C–C–N with tert-alkyl or cyclic N) is 1. The normalized spacial score (nSPS) is 18.4. The monoisotopic (exact) mass is 326 g/mol. The first-order chi connectivity index (χ1) is 9.06. The van der Waals surface area contributed by atoms with Crippen molar-refractivity contribution in [1.82, 2.24) is 10.2 Å². The molecule has 0 spiro atoms. The number of nitrogens with zero attached hydrogens (tertiary/aromatic N) is 1. The second-order valence-corrected chi connectivity index (χ2v) is 5.39. The third-order valence-corrected chi connectivity index (χ3v) is 3.50. The molecule has 1 heterocycles. The quantitative estimate of drug-likeness (QED) is 0.862. The lowest BCUT2D eigenvalue weighted by Gasteiger charge is -2.15. The minimum absolute atomic E-state index is 0.0436. The molecule has 0 bridgehead atoms. The van der Waals surface area contributed by atoms with E-state index in [0.29, 0.717) is 25.1 Å². The minimum atomic E-state index is -0.440. The van der Waals surface area contributed by atoms with Gasteiger partial charge in [-0.15, -0.1) is 0 Å². The molecule has 1 atom stereocenters. The fourth-order valence-corrected chi connectivity index (χ4v) is 2.37. The molecule has 0 radical (unpaired) electrons. The van der Waals surface area contributed by atoms with Crippen LogP contribution < -0.4 is 5.32 Å². The summed E-state index contributed by atoms with van der Waals surface area (Å²) in [6.07, 6.45) is 0.162. The maximum absolute atomic E-state index is 11.8. The number of aliphatic hydroxyl groups excluding tert-OH is 1. The number of hydrogen-bond donors (Lipinski definition) is 2. The van der Waals surface area contributed by atoms with Gasteiger partial charge in [-0.25, -0.2) is 0 Å². The molecule has 0 aromatic heterocycles. The highest BCUT2D eigenvalue weighted by Gasteiger charge is 2.24. The fourth-order valence-electron chi connectivity index (χ4n) is 1.97. The van der Waals surface area contributed by atoms with Crippen LogP contribution in [0.3, 0.4) is 0 Å². The Morgan fingerprint density at radius 3 is 2.89 bits per heavy atom. The first kappa shape index (κ1) is 14.0. The minimum Gasteiger partial charge on any atom is -0.391 e. The van der Waals surface area contributed by atoms with E-state index < -0.39 is 6.10 Å². The van der Waals surface area contributed by atoms with Crippen molar-refractivity contribution in [1.29, 1.82) is 0 Å². The summed E-state index contributed by atoms with van der Waals surface area (Å²) in [7, 11) is 0. The lowest BCUT2D eigenvalue weighted by Crippen LogP contribution is -2.39. The van der Waals surface area contributed by atoms with Crippen LogP contribution in [0.1, 0.15) is 16.8 Å². The lowest BCUT2D eigenvalue weighted by atomic mass is 10.2. The number of hydrogen-bond acceptors (Lipinski definition) is 3. The van der Waals surface area contributed by atoms with Gasteiger partial charge in [0.05, 0.1) is 12.6 Å². The Hall–Kier alpha value is -1.40. The predicted molar refractivity (Wildman–Crippen MR) is 73.7 cm³/mol. The van der Waals surface area contributed by atoms with E-state index in [-0.39, 0.29) is 18.4 Å². The van der Waals surface area contributed by atoms with Crippen molar-refractivity contribution in [3.05, 3.63) is 34.3 Å². The summed E-state index contributed by atoms with van der Waals surface area (Å²) in [5.74, 6) is -0.450.